The predicted molar refractivity (Wildman–Crippen MR) is 168 cm³/mol. The molecule has 0 fully saturated rings. The number of furan rings is 1. The number of carbonyl (C=O) groups excluding carboxylic acids is 1. The number of carboxylic acids is 1. The topological polar surface area (TPSA) is 96.4 Å². The van der Waals surface area contributed by atoms with E-state index in [0.29, 0.717) is 0 Å². The monoisotopic (exact) mass is 675 g/mol. The van der Waals surface area contributed by atoms with Gasteiger partial charge < -0.3 is 14.3 Å². The number of nitrogens with zero attached hydrogens (tertiary/aromatic N) is 1. The third-order valence-electron chi connectivity index (χ3n) is 7.71. The van der Waals surface area contributed by atoms with Crippen LogP contribution in [-0.4, -0.2) is 30.7 Å². The van der Waals surface area contributed by atoms with Crippen LogP contribution in [0, 0.1) is 10.1 Å². The fourth-order valence-corrected chi connectivity index (χ4v) is 19.1. The number of carboxylic acid groups (broad SMARTS) is 1. The molecule has 42 heavy (non-hydrogen) atoms. The minimum absolute atomic E-state index is 0.232. The molecule has 0 aliphatic heterocycles. The van der Waals surface area contributed by atoms with E-state index in [4.69, 9.17) is 0 Å². The Hall–Kier alpha value is -3.39. The molecule has 0 unspecified atom stereocenters. The smallest absolute Gasteiger partial charge is 0.433 e. The van der Waals surface area contributed by atoms with Gasteiger partial charge in [-0.15, -0.1) is 0 Å². The Morgan fingerprint density at radius 1 is 0.643 bits per heavy atom. The first-order valence-corrected chi connectivity index (χ1v) is 20.2. The van der Waals surface area contributed by atoms with Crippen molar-refractivity contribution in [1.82, 2.24) is 0 Å². The van der Waals surface area contributed by atoms with E-state index in [0.717, 1.165) is 12.1 Å². The Bertz CT molecular complexity index is 1270. The molecule has 0 atom stereocenters. The second-order valence-electron chi connectivity index (χ2n) is 12.7. The molecule has 0 saturated carbocycles. The molecule has 0 spiro atoms. The van der Waals surface area contributed by atoms with E-state index in [1.165, 1.54) is 30.0 Å². The molecule has 1 radical (unpaired) electrons. The van der Waals surface area contributed by atoms with Crippen LogP contribution >= 0.6 is 0 Å². The summed E-state index contributed by atoms with van der Waals surface area (Å²) in [7, 11) is 0. The second kappa shape index (κ2) is 14.2. The van der Waals surface area contributed by atoms with Crippen molar-refractivity contribution < 1.29 is 19.2 Å². The number of carbonyl (C=O) groups is 1. The molecule has 4 aromatic rings. The molecule has 221 valence electrons. The summed E-state index contributed by atoms with van der Waals surface area (Å²) in [6.07, 6.45) is 0. The maximum atomic E-state index is 10.0. The quantitative estimate of drug-likeness (QED) is 0.0914. The maximum absolute atomic E-state index is 10.0. The molecule has 0 aliphatic carbocycles. The number of hydrogen-bond donors (Lipinski definition) is 0. The van der Waals surface area contributed by atoms with Gasteiger partial charge >= 0.3 is 204 Å². The van der Waals surface area contributed by atoms with Gasteiger partial charge in [-0.3, -0.25) is 10.1 Å². The summed E-state index contributed by atoms with van der Waals surface area (Å²) in [5.74, 6) is -2.72. The van der Waals surface area contributed by atoms with Gasteiger partial charge in [0.25, 0.3) is 0 Å². The average molecular weight is 674 g/mol. The normalized spacial score (nSPS) is 12.0. The van der Waals surface area contributed by atoms with Crippen molar-refractivity contribution >= 4 is 31.6 Å². The third kappa shape index (κ3) is 9.31. The zero-order chi connectivity index (χ0) is 31.0. The summed E-state index contributed by atoms with van der Waals surface area (Å²) < 4.78 is 8.39. The van der Waals surface area contributed by atoms with Crippen molar-refractivity contribution in [1.29, 1.82) is 0 Å². The van der Waals surface area contributed by atoms with Crippen LogP contribution in [0.2, 0.25) is 13.3 Å². The van der Waals surface area contributed by atoms with Crippen LogP contribution in [0.5, 0.6) is 0 Å². The Morgan fingerprint density at radius 2 is 0.976 bits per heavy atom. The van der Waals surface area contributed by atoms with Gasteiger partial charge in [0.1, 0.15) is 10.9 Å². The molecule has 7 heteroatoms. The minimum Gasteiger partial charge on any atom is -0.542 e. The van der Waals surface area contributed by atoms with Gasteiger partial charge in [-0.05, 0) is 6.07 Å². The van der Waals surface area contributed by atoms with E-state index in [1.807, 2.05) is 0 Å². The van der Waals surface area contributed by atoms with E-state index >= 15 is 0 Å². The van der Waals surface area contributed by atoms with Gasteiger partial charge in [-0.25, -0.2) is 0 Å². The van der Waals surface area contributed by atoms with Crippen LogP contribution < -0.4 is 5.11 Å². The largest absolute Gasteiger partial charge is 0.542 e. The standard InChI is InChI=1S/3C10H13.C5H3NO5.Sn/c3*1-10(2,3)9-7-5-4-6-8-9;7-5(8)3-1-2-4(11-3)6(9)10;/h3*4-8H,1H2,2-3H3;1-2H,(H,7,8);/p-1. The summed E-state index contributed by atoms with van der Waals surface area (Å²) >= 11 is -1.84. The maximum Gasteiger partial charge on any atom is 0.433 e. The van der Waals surface area contributed by atoms with Gasteiger partial charge in [0.15, 0.2) is 5.76 Å². The average Bonchev–Trinajstić information content (AvgIpc) is 3.46. The molecule has 6 nitrogen and oxygen atoms in total. The molecule has 3 aromatic carbocycles. The fourth-order valence-electron chi connectivity index (χ4n) is 5.57. The van der Waals surface area contributed by atoms with Gasteiger partial charge in [0, 0.05) is 0 Å². The first kappa shape index (κ1) is 33.1. The van der Waals surface area contributed by atoms with Crippen molar-refractivity contribution in [3.8, 4) is 0 Å². The molecule has 1 aromatic heterocycles. The molecule has 4 rings (SSSR count). The molecule has 1 heterocycles. The van der Waals surface area contributed by atoms with Crippen molar-refractivity contribution in [3.63, 3.8) is 0 Å². The molecule has 0 N–H and O–H groups in total. The summed E-state index contributed by atoms with van der Waals surface area (Å²) in [5, 5.41) is 19.9. The van der Waals surface area contributed by atoms with Crippen LogP contribution in [0.15, 0.2) is 108 Å². The summed E-state index contributed by atoms with van der Waals surface area (Å²) in [6, 6.07) is 35.4. The van der Waals surface area contributed by atoms with Crippen molar-refractivity contribution in [2.45, 2.75) is 71.1 Å². The van der Waals surface area contributed by atoms with E-state index in [-0.39, 0.29) is 16.2 Å². The van der Waals surface area contributed by atoms with E-state index in [2.05, 4.69) is 137 Å². The van der Waals surface area contributed by atoms with E-state index < -0.39 is 42.3 Å². The summed E-state index contributed by atoms with van der Waals surface area (Å²) in [5.41, 5.74) is 5.16. The first-order valence-electron chi connectivity index (χ1n) is 14.2. The van der Waals surface area contributed by atoms with Crippen LogP contribution in [0.1, 0.15) is 68.8 Å². The number of benzene rings is 3. The van der Waals surface area contributed by atoms with Gasteiger partial charge in [0.2, 0.25) is 0 Å². The Balaban J connectivity index is 0.000000369. The second-order valence-corrected chi connectivity index (χ2v) is 20.0. The Morgan fingerprint density at radius 3 is 1.21 bits per heavy atom. The number of aromatic carboxylic acids is 1. The summed E-state index contributed by atoms with van der Waals surface area (Å²) in [4.78, 5) is 19.1. The van der Waals surface area contributed by atoms with Gasteiger partial charge in [-0.1, -0.05) is 0 Å². The first-order chi connectivity index (χ1) is 19.7. The fraction of sp³-hybridized carbons (Fsp3) is 0.343. The molecule has 0 saturated heterocycles. The van der Waals surface area contributed by atoms with Crippen LogP contribution in [0.25, 0.3) is 0 Å². The number of hydrogen-bond acceptors (Lipinski definition) is 5. The zero-order valence-electron chi connectivity index (χ0n) is 25.4. The van der Waals surface area contributed by atoms with E-state index in [9.17, 15) is 20.0 Å². The Labute approximate surface area is 256 Å². The zero-order valence-corrected chi connectivity index (χ0v) is 28.3. The van der Waals surface area contributed by atoms with Crippen molar-refractivity contribution in [2.75, 3.05) is 0 Å². The van der Waals surface area contributed by atoms with Gasteiger partial charge in [0.05, 0.1) is 6.07 Å². The predicted octanol–water partition coefficient (Wildman–Crippen LogP) is 7.97. The van der Waals surface area contributed by atoms with Crippen molar-refractivity contribution in [3.05, 3.63) is 136 Å². The molecular formula is C35H41NO5Sn-. The molecule has 0 bridgehead atoms. The number of rotatable bonds is 11. The Kier molecular flexibility index (Phi) is 11.2. The SMILES string of the molecule is CC(C)([CH2][Sn]([CH2]C(C)(C)c1ccccc1)[CH2]C(C)(C)c1ccccc1)c1ccccc1.O=C([O-])c1ccc([N+](=O)[O-])o1. The van der Waals surface area contributed by atoms with Crippen LogP contribution in [0.4, 0.5) is 5.88 Å². The van der Waals surface area contributed by atoms with Crippen LogP contribution in [0.3, 0.4) is 0 Å². The van der Waals surface area contributed by atoms with Crippen LogP contribution in [-0.2, 0) is 16.2 Å². The molecule has 0 aliphatic rings. The van der Waals surface area contributed by atoms with Gasteiger partial charge in [-0.2, -0.15) is 0 Å². The third-order valence-corrected chi connectivity index (χ3v) is 19.6. The minimum atomic E-state index is -1.84. The molecular weight excluding hydrogens is 633 g/mol. The summed E-state index contributed by atoms with van der Waals surface area (Å²) in [6.45, 7) is 14.8. The van der Waals surface area contributed by atoms with E-state index in [1.54, 1.807) is 0 Å². The molecule has 0 amide bonds. The number of nitro groups is 1. The van der Waals surface area contributed by atoms with Crippen molar-refractivity contribution in [2.24, 2.45) is 0 Å².